The van der Waals surface area contributed by atoms with Gasteiger partial charge in [-0.05, 0) is 112 Å². The minimum Gasteiger partial charge on any atom is -0.481 e. The van der Waals surface area contributed by atoms with Gasteiger partial charge in [0.2, 0.25) is 23.6 Å². The molecule has 15 heteroatoms. The van der Waals surface area contributed by atoms with Gasteiger partial charge in [-0.3, -0.25) is 28.9 Å². The molecular weight excluding hydrogens is 867 g/mol. The van der Waals surface area contributed by atoms with E-state index in [9.17, 15) is 28.8 Å². The van der Waals surface area contributed by atoms with Gasteiger partial charge in [-0.25, -0.2) is 4.79 Å². The molecule has 1 heterocycles. The molecule has 0 unspecified atom stereocenters. The lowest BCUT2D eigenvalue weighted by molar-refractivity contribution is -0.189. The third kappa shape index (κ3) is 13.6. The number of nitrogens with zero attached hydrogens (tertiary/aromatic N) is 3. The Morgan fingerprint density at radius 1 is 0.853 bits per heavy atom. The predicted octanol–water partition coefficient (Wildman–Crippen LogP) is 6.11. The van der Waals surface area contributed by atoms with E-state index in [2.05, 4.69) is 10.6 Å². The topological polar surface area (TPSA) is 184 Å². The van der Waals surface area contributed by atoms with Crippen molar-refractivity contribution in [2.24, 2.45) is 41.4 Å². The molecule has 4 amide bonds. The molecule has 4 saturated carbocycles. The minimum absolute atomic E-state index is 0.00694. The van der Waals surface area contributed by atoms with Crippen LogP contribution in [-0.2, 0) is 49.4 Å². The van der Waals surface area contributed by atoms with Crippen LogP contribution < -0.4 is 10.6 Å². The van der Waals surface area contributed by atoms with Crippen LogP contribution in [0.15, 0.2) is 30.3 Å². The SMILES string of the molecule is CC[C@H](C)[C@@H]([C@@H](CC(=O)N1CCC[C@H]1[C@H](OC)[C@@H](C)C(=O)N[C@@H](Cc1ccccc1)C(=O)OC12CC3CC(CC(C3)C1)C2)OC)N(C)C(=O)[C@@H](NC(=O)[C@H](C(C)C)N(C)CCCC(=O)O)C(C)C. The lowest BCUT2D eigenvalue weighted by atomic mass is 9.54. The molecule has 0 aromatic heterocycles. The van der Waals surface area contributed by atoms with Crippen molar-refractivity contribution in [1.82, 2.24) is 25.3 Å². The molecule has 1 aromatic carbocycles. The quantitative estimate of drug-likeness (QED) is 0.0912. The number of amides is 4. The first-order chi connectivity index (χ1) is 32.2. The van der Waals surface area contributed by atoms with E-state index in [0.29, 0.717) is 62.9 Å². The number of carbonyl (C=O) groups is 6. The Hall–Kier alpha value is -4.08. The van der Waals surface area contributed by atoms with Gasteiger partial charge < -0.3 is 39.8 Å². The van der Waals surface area contributed by atoms with Gasteiger partial charge in [0.05, 0.1) is 42.7 Å². The number of likely N-dealkylation sites (N-methyl/N-ethyl adjacent to an activating group) is 2. The Bertz CT molecular complexity index is 1830. The first-order valence-electron chi connectivity index (χ1n) is 25.6. The number of benzene rings is 1. The molecule has 4 bridgehead atoms. The number of carboxylic acids is 1. The summed E-state index contributed by atoms with van der Waals surface area (Å²) in [5.41, 5.74) is 0.457. The largest absolute Gasteiger partial charge is 0.481 e. The second-order valence-electron chi connectivity index (χ2n) is 21.8. The number of carboxylic acid groups (broad SMARTS) is 1. The van der Waals surface area contributed by atoms with Crippen molar-refractivity contribution in [3.8, 4) is 0 Å². The van der Waals surface area contributed by atoms with Gasteiger partial charge in [-0.2, -0.15) is 0 Å². The van der Waals surface area contributed by atoms with E-state index in [4.69, 9.17) is 19.3 Å². The number of hydrogen-bond donors (Lipinski definition) is 3. The molecule has 382 valence electrons. The molecular formula is C53H85N5O10. The number of hydrogen-bond acceptors (Lipinski definition) is 10. The van der Waals surface area contributed by atoms with Gasteiger partial charge >= 0.3 is 11.9 Å². The standard InChI is InChI=1S/C53H85N5O10/c1-12-34(6)47(57(9)51(64)45(32(2)3)55-50(63)46(33(4)5)56(8)22-17-21-44(60)61)42(66-10)28-43(59)58-23-16-20-41(58)48(67-11)35(7)49(62)54-40(27-36-18-14-13-15-19-36)52(65)68-53-29-37-24-38(30-53)26-39(25-37)31-53/h13-15,18-19,32-35,37-42,45-48H,12,16-17,20-31H2,1-11H3,(H,54,62)(H,55,63)(H,60,61)/t34-,35+,37?,38?,39?,40-,41-,42+,45-,46-,47-,48+,53?/m0/s1. The molecule has 0 radical (unpaired) electrons. The molecule has 5 fully saturated rings. The Morgan fingerprint density at radius 2 is 1.47 bits per heavy atom. The number of likely N-dealkylation sites (tertiary alicyclic amines) is 1. The molecule has 6 rings (SSSR count). The van der Waals surface area contributed by atoms with Crippen molar-refractivity contribution in [1.29, 1.82) is 0 Å². The molecule has 9 atom stereocenters. The summed E-state index contributed by atoms with van der Waals surface area (Å²) in [6.07, 6.45) is 7.65. The van der Waals surface area contributed by atoms with Crippen LogP contribution in [0.5, 0.6) is 0 Å². The van der Waals surface area contributed by atoms with E-state index in [-0.39, 0.29) is 54.2 Å². The van der Waals surface area contributed by atoms with Crippen molar-refractivity contribution in [2.75, 3.05) is 41.4 Å². The van der Waals surface area contributed by atoms with E-state index in [1.807, 2.05) is 76.8 Å². The molecule has 68 heavy (non-hydrogen) atoms. The fourth-order valence-electron chi connectivity index (χ4n) is 12.7. The Labute approximate surface area is 406 Å². The summed E-state index contributed by atoms with van der Waals surface area (Å²) < 4.78 is 18.7. The molecule has 1 aliphatic heterocycles. The summed E-state index contributed by atoms with van der Waals surface area (Å²) in [6.45, 7) is 14.3. The summed E-state index contributed by atoms with van der Waals surface area (Å²) in [5, 5.41) is 15.3. The third-order valence-electron chi connectivity index (χ3n) is 15.9. The minimum atomic E-state index is -0.895. The van der Waals surface area contributed by atoms with Crippen LogP contribution in [0.3, 0.4) is 0 Å². The molecule has 1 saturated heterocycles. The van der Waals surface area contributed by atoms with Crippen molar-refractivity contribution in [3.63, 3.8) is 0 Å². The summed E-state index contributed by atoms with van der Waals surface area (Å²) in [7, 11) is 6.61. The highest BCUT2D eigenvalue weighted by molar-refractivity contribution is 5.90. The van der Waals surface area contributed by atoms with Crippen LogP contribution in [0, 0.1) is 41.4 Å². The number of carbonyl (C=O) groups excluding carboxylic acids is 5. The average molecular weight is 952 g/mol. The maximum absolute atomic E-state index is 14.6. The molecule has 3 N–H and O–H groups in total. The number of rotatable bonds is 26. The molecule has 0 spiro atoms. The predicted molar refractivity (Wildman–Crippen MR) is 260 cm³/mol. The van der Waals surface area contributed by atoms with Crippen molar-refractivity contribution < 1.29 is 48.1 Å². The highest BCUT2D eigenvalue weighted by Crippen LogP contribution is 2.57. The fraction of sp³-hybridized carbons (Fsp3) is 0.774. The van der Waals surface area contributed by atoms with Gasteiger partial charge in [0.1, 0.15) is 17.7 Å². The van der Waals surface area contributed by atoms with Crippen molar-refractivity contribution >= 4 is 35.6 Å². The van der Waals surface area contributed by atoms with E-state index >= 15 is 0 Å². The van der Waals surface area contributed by atoms with Gasteiger partial charge in [0.15, 0.2) is 0 Å². The van der Waals surface area contributed by atoms with Crippen molar-refractivity contribution in [3.05, 3.63) is 35.9 Å². The lowest BCUT2D eigenvalue weighted by Gasteiger charge is -2.55. The van der Waals surface area contributed by atoms with E-state index in [1.165, 1.54) is 19.3 Å². The van der Waals surface area contributed by atoms with Gasteiger partial charge in [0.25, 0.3) is 0 Å². The van der Waals surface area contributed by atoms with Gasteiger partial charge in [-0.15, -0.1) is 0 Å². The van der Waals surface area contributed by atoms with Crippen LogP contribution in [-0.4, -0.2) is 145 Å². The summed E-state index contributed by atoms with van der Waals surface area (Å²) in [6, 6.07) is 6.37. The highest BCUT2D eigenvalue weighted by Gasteiger charge is 2.54. The second kappa shape index (κ2) is 24.7. The zero-order valence-electron chi connectivity index (χ0n) is 43.0. The van der Waals surface area contributed by atoms with Crippen LogP contribution >= 0.6 is 0 Å². The molecule has 5 aliphatic rings. The summed E-state index contributed by atoms with van der Waals surface area (Å²) >= 11 is 0. The fourth-order valence-corrected chi connectivity index (χ4v) is 12.7. The maximum atomic E-state index is 14.6. The van der Waals surface area contributed by atoms with E-state index < -0.39 is 65.9 Å². The van der Waals surface area contributed by atoms with Gasteiger partial charge in [-0.1, -0.05) is 85.2 Å². The maximum Gasteiger partial charge on any atom is 0.329 e. The average Bonchev–Trinajstić information content (AvgIpc) is 3.76. The summed E-state index contributed by atoms with van der Waals surface area (Å²) in [4.78, 5) is 88.0. The van der Waals surface area contributed by atoms with E-state index in [0.717, 1.165) is 24.8 Å². The number of esters is 1. The molecule has 1 aromatic rings. The van der Waals surface area contributed by atoms with Crippen LogP contribution in [0.2, 0.25) is 0 Å². The van der Waals surface area contributed by atoms with Crippen LogP contribution in [0.4, 0.5) is 0 Å². The third-order valence-corrected chi connectivity index (χ3v) is 15.9. The summed E-state index contributed by atoms with van der Waals surface area (Å²) in [5.74, 6) is -1.82. The first kappa shape index (κ1) is 54.9. The number of ether oxygens (including phenoxy) is 3. The number of nitrogens with one attached hydrogen (secondary N) is 2. The zero-order valence-corrected chi connectivity index (χ0v) is 43.0. The Morgan fingerprint density at radius 3 is 2.00 bits per heavy atom. The van der Waals surface area contributed by atoms with Crippen LogP contribution in [0.1, 0.15) is 131 Å². The molecule has 4 aliphatic carbocycles. The zero-order chi connectivity index (χ0) is 50.0. The smallest absolute Gasteiger partial charge is 0.329 e. The lowest BCUT2D eigenvalue weighted by Crippen LogP contribution is -2.60. The first-order valence-corrected chi connectivity index (χ1v) is 25.6. The van der Waals surface area contributed by atoms with Crippen molar-refractivity contribution in [2.45, 2.75) is 180 Å². The van der Waals surface area contributed by atoms with Gasteiger partial charge in [0, 0.05) is 40.7 Å². The van der Waals surface area contributed by atoms with Crippen LogP contribution in [0.25, 0.3) is 0 Å². The molecule has 15 nitrogen and oxygen atoms in total. The number of methoxy groups -OCH3 is 2. The normalized spacial score (nSPS) is 25.6. The highest BCUT2D eigenvalue weighted by atomic mass is 16.6. The number of aliphatic carboxylic acids is 1. The Kier molecular flexibility index (Phi) is 19.9. The van der Waals surface area contributed by atoms with E-state index in [1.54, 1.807) is 45.0 Å². The Balaban J connectivity index is 1.28. The second-order valence-corrected chi connectivity index (χ2v) is 21.8. The monoisotopic (exact) mass is 952 g/mol.